The Labute approximate surface area is 140 Å². The molecule has 22 heavy (non-hydrogen) atoms. The van der Waals surface area contributed by atoms with Gasteiger partial charge in [-0.25, -0.2) is 0 Å². The minimum absolute atomic E-state index is 0.310. The zero-order chi connectivity index (χ0) is 16.4. The first-order chi connectivity index (χ1) is 10.3. The quantitative estimate of drug-likeness (QED) is 0.702. The normalized spacial score (nSPS) is 23.4. The molecule has 1 atom stereocenters. The van der Waals surface area contributed by atoms with Gasteiger partial charge >= 0.3 is 0 Å². The van der Waals surface area contributed by atoms with E-state index in [0.717, 1.165) is 6.61 Å². The summed E-state index contributed by atoms with van der Waals surface area (Å²) < 4.78 is 13.1. The average Bonchev–Trinajstić information content (AvgIpc) is 2.72. The standard InChI is InChI=1S/C17H30O2Si3/c1-20(2)17(21(3)4)12-16(19-22(17,5)6)14-18-13-15-10-8-7-9-11-15/h7-11,16H,12-14H2,1-6H3. The van der Waals surface area contributed by atoms with Crippen LogP contribution in [0, 0.1) is 0 Å². The number of ether oxygens (including phenoxy) is 1. The Morgan fingerprint density at radius 2 is 1.73 bits per heavy atom. The van der Waals surface area contributed by atoms with E-state index < -0.39 is 8.32 Å². The number of hydrogen-bond donors (Lipinski definition) is 0. The Hall–Kier alpha value is -0.209. The van der Waals surface area contributed by atoms with Crippen molar-refractivity contribution in [3.05, 3.63) is 35.9 Å². The lowest BCUT2D eigenvalue weighted by Crippen LogP contribution is -2.53. The largest absolute Gasteiger partial charge is 0.412 e. The summed E-state index contributed by atoms with van der Waals surface area (Å²) in [7, 11) is -2.35. The second-order valence-corrected chi connectivity index (χ2v) is 18.7. The summed E-state index contributed by atoms with van der Waals surface area (Å²) in [6.45, 7) is 16.3. The molecule has 0 aromatic heterocycles. The summed E-state index contributed by atoms with van der Waals surface area (Å²) in [6.07, 6.45) is 1.55. The van der Waals surface area contributed by atoms with Crippen LogP contribution in [-0.4, -0.2) is 38.6 Å². The molecule has 0 saturated carbocycles. The highest BCUT2D eigenvalue weighted by Crippen LogP contribution is 2.53. The molecule has 2 nitrogen and oxygen atoms in total. The van der Waals surface area contributed by atoms with E-state index in [2.05, 4.69) is 63.5 Å². The fraction of sp³-hybridized carbons (Fsp3) is 0.647. The summed E-state index contributed by atoms with van der Waals surface area (Å²) in [5.74, 6) is 0. The van der Waals surface area contributed by atoms with E-state index in [0.29, 0.717) is 17.0 Å². The van der Waals surface area contributed by atoms with Gasteiger partial charge in [0.1, 0.15) is 0 Å². The molecule has 1 fully saturated rings. The molecule has 1 aliphatic rings. The Kier molecular flexibility index (Phi) is 5.88. The Bertz CT molecular complexity index is 466. The molecule has 0 amide bonds. The second-order valence-electron chi connectivity index (χ2n) is 7.36. The molecule has 1 heterocycles. The summed E-state index contributed by atoms with van der Waals surface area (Å²) in [5.41, 5.74) is 1.25. The van der Waals surface area contributed by atoms with Crippen LogP contribution >= 0.6 is 0 Å². The predicted octanol–water partition coefficient (Wildman–Crippen LogP) is 4.52. The van der Waals surface area contributed by atoms with Gasteiger partial charge in [-0.2, -0.15) is 0 Å². The highest BCUT2D eigenvalue weighted by Gasteiger charge is 2.59. The Morgan fingerprint density at radius 3 is 2.23 bits per heavy atom. The zero-order valence-corrected chi connectivity index (χ0v) is 17.9. The number of benzene rings is 1. The van der Waals surface area contributed by atoms with Crippen molar-refractivity contribution in [1.29, 1.82) is 0 Å². The molecule has 0 bridgehead atoms. The van der Waals surface area contributed by atoms with Gasteiger partial charge in [-0.15, -0.1) is 0 Å². The topological polar surface area (TPSA) is 18.5 Å². The average molecular weight is 351 g/mol. The maximum absolute atomic E-state index is 6.59. The third-order valence-electron chi connectivity index (χ3n) is 5.15. The van der Waals surface area contributed by atoms with E-state index in [4.69, 9.17) is 9.16 Å². The van der Waals surface area contributed by atoms with Crippen LogP contribution in [0.1, 0.15) is 12.0 Å². The fourth-order valence-corrected chi connectivity index (χ4v) is 21.4. The lowest BCUT2D eigenvalue weighted by atomic mass is 10.2. The number of rotatable bonds is 6. The predicted molar refractivity (Wildman–Crippen MR) is 101 cm³/mol. The van der Waals surface area contributed by atoms with Crippen LogP contribution in [0.4, 0.5) is 0 Å². The van der Waals surface area contributed by atoms with E-state index in [1.54, 1.807) is 0 Å². The molecular formula is C17H30O2Si3. The first kappa shape index (κ1) is 18.1. The Balaban J connectivity index is 1.97. The lowest BCUT2D eigenvalue weighted by molar-refractivity contribution is 0.0468. The molecule has 0 spiro atoms. The molecule has 1 aromatic carbocycles. The van der Waals surface area contributed by atoms with Gasteiger partial charge in [0.05, 0.1) is 19.3 Å². The van der Waals surface area contributed by atoms with Crippen molar-refractivity contribution in [3.8, 4) is 0 Å². The summed E-state index contributed by atoms with van der Waals surface area (Å²) >= 11 is 0. The van der Waals surface area contributed by atoms with Crippen molar-refractivity contribution in [2.24, 2.45) is 0 Å². The van der Waals surface area contributed by atoms with Gasteiger partial charge in [-0.05, 0) is 29.4 Å². The van der Waals surface area contributed by atoms with E-state index in [1.807, 2.05) is 6.07 Å². The molecule has 1 aliphatic heterocycles. The smallest absolute Gasteiger partial charge is 0.187 e. The van der Waals surface area contributed by atoms with Crippen molar-refractivity contribution in [1.82, 2.24) is 0 Å². The first-order valence-corrected chi connectivity index (χ1v) is 16.1. The van der Waals surface area contributed by atoms with Crippen LogP contribution in [0.5, 0.6) is 0 Å². The molecule has 2 radical (unpaired) electrons. The van der Waals surface area contributed by atoms with Crippen LogP contribution in [0.3, 0.4) is 0 Å². The van der Waals surface area contributed by atoms with Crippen molar-refractivity contribution in [2.75, 3.05) is 6.61 Å². The van der Waals surface area contributed by atoms with Gasteiger partial charge in [0.25, 0.3) is 0 Å². The molecule has 2 rings (SSSR count). The van der Waals surface area contributed by atoms with Gasteiger partial charge in [0, 0.05) is 17.6 Å². The van der Waals surface area contributed by atoms with Crippen LogP contribution < -0.4 is 0 Å². The van der Waals surface area contributed by atoms with E-state index >= 15 is 0 Å². The molecule has 1 saturated heterocycles. The van der Waals surface area contributed by atoms with Crippen LogP contribution in [-0.2, 0) is 15.8 Å². The van der Waals surface area contributed by atoms with Crippen molar-refractivity contribution in [2.45, 2.75) is 62.7 Å². The highest BCUT2D eigenvalue weighted by molar-refractivity contribution is 7.03. The highest BCUT2D eigenvalue weighted by atomic mass is 28.4. The van der Waals surface area contributed by atoms with Gasteiger partial charge in [-0.1, -0.05) is 56.5 Å². The second kappa shape index (κ2) is 7.13. The van der Waals surface area contributed by atoms with Crippen molar-refractivity contribution in [3.63, 3.8) is 0 Å². The minimum Gasteiger partial charge on any atom is -0.412 e. The monoisotopic (exact) mass is 350 g/mol. The third kappa shape index (κ3) is 3.48. The van der Waals surface area contributed by atoms with E-state index in [-0.39, 0.29) is 17.6 Å². The van der Waals surface area contributed by atoms with E-state index in [1.165, 1.54) is 12.0 Å². The molecule has 1 unspecified atom stereocenters. The van der Waals surface area contributed by atoms with Gasteiger partial charge in [-0.3, -0.25) is 0 Å². The van der Waals surface area contributed by atoms with E-state index in [9.17, 15) is 0 Å². The lowest BCUT2D eigenvalue weighted by Gasteiger charge is -2.43. The zero-order valence-electron chi connectivity index (χ0n) is 14.9. The summed E-state index contributed by atoms with van der Waals surface area (Å²) in [4.78, 5) is 0. The van der Waals surface area contributed by atoms with Crippen LogP contribution in [0.25, 0.3) is 0 Å². The maximum atomic E-state index is 6.59. The Morgan fingerprint density at radius 1 is 1.14 bits per heavy atom. The molecule has 0 aliphatic carbocycles. The van der Waals surface area contributed by atoms with Crippen molar-refractivity contribution >= 4 is 25.9 Å². The fourth-order valence-electron chi connectivity index (χ4n) is 4.23. The minimum atomic E-state index is -1.63. The summed E-state index contributed by atoms with van der Waals surface area (Å²) in [6, 6.07) is 10.4. The maximum Gasteiger partial charge on any atom is 0.187 e. The molecular weight excluding hydrogens is 320 g/mol. The van der Waals surface area contributed by atoms with Crippen LogP contribution in [0.2, 0.25) is 43.6 Å². The molecule has 0 N–H and O–H groups in total. The van der Waals surface area contributed by atoms with Gasteiger partial charge in [0.15, 0.2) is 8.32 Å². The van der Waals surface area contributed by atoms with Gasteiger partial charge in [0.2, 0.25) is 0 Å². The molecule has 122 valence electrons. The van der Waals surface area contributed by atoms with Crippen molar-refractivity contribution < 1.29 is 9.16 Å². The third-order valence-corrected chi connectivity index (χ3v) is 21.8. The first-order valence-electron chi connectivity index (χ1n) is 8.20. The van der Waals surface area contributed by atoms with Crippen LogP contribution in [0.15, 0.2) is 30.3 Å². The van der Waals surface area contributed by atoms with Gasteiger partial charge < -0.3 is 9.16 Å². The summed E-state index contributed by atoms with van der Waals surface area (Å²) in [5, 5.41) is 0. The molecule has 1 aromatic rings. The SMILES string of the molecule is C[Si](C)C1([Si](C)C)CC(COCc2ccccc2)O[Si]1(C)C. The number of hydrogen-bond acceptors (Lipinski definition) is 2. The molecule has 5 heteroatoms.